The number of halogens is 2. The molecule has 0 saturated carbocycles. The van der Waals surface area contributed by atoms with E-state index >= 15 is 0 Å². The molecule has 2 aromatic carbocycles. The Morgan fingerprint density at radius 3 is 2.69 bits per heavy atom. The minimum atomic E-state index is -3.90. The lowest BCUT2D eigenvalue weighted by atomic mass is 10.1. The predicted molar refractivity (Wildman–Crippen MR) is 116 cm³/mol. The molecule has 0 spiro atoms. The molecule has 0 atom stereocenters. The summed E-state index contributed by atoms with van der Waals surface area (Å²) < 4.78 is 58.0. The predicted octanol–water partition coefficient (Wildman–Crippen LogP) is 3.42. The summed E-state index contributed by atoms with van der Waals surface area (Å²) >= 11 is 0. The van der Waals surface area contributed by atoms with Crippen molar-refractivity contribution in [2.24, 2.45) is 5.14 Å². The Bertz CT molecular complexity index is 1280. The van der Waals surface area contributed by atoms with E-state index in [0.29, 0.717) is 24.5 Å². The third-order valence-corrected chi connectivity index (χ3v) is 5.88. The summed E-state index contributed by atoms with van der Waals surface area (Å²) in [5.41, 5.74) is 0.972. The van der Waals surface area contributed by atoms with Crippen LogP contribution in [0.1, 0.15) is 13.8 Å². The monoisotopic (exact) mass is 461 g/mol. The fourth-order valence-corrected chi connectivity index (χ4v) is 4.04. The average molecular weight is 461 g/mol. The number of nitrogens with zero attached hydrogens (tertiary/aromatic N) is 3. The Labute approximate surface area is 184 Å². The maximum Gasteiger partial charge on any atom is 0.238 e. The number of nitrogens with two attached hydrogens (primary N) is 1. The van der Waals surface area contributed by atoms with Crippen molar-refractivity contribution in [2.75, 3.05) is 23.4 Å². The van der Waals surface area contributed by atoms with Crippen molar-refractivity contribution in [3.8, 4) is 17.0 Å². The van der Waals surface area contributed by atoms with Crippen LogP contribution in [0.4, 0.5) is 26.1 Å². The van der Waals surface area contributed by atoms with Crippen LogP contribution in [0.25, 0.3) is 11.3 Å². The Hall–Kier alpha value is -3.31. The zero-order valence-electron chi connectivity index (χ0n) is 17.3. The van der Waals surface area contributed by atoms with Crippen LogP contribution in [0.5, 0.6) is 5.75 Å². The number of aromatic nitrogens is 2. The van der Waals surface area contributed by atoms with Gasteiger partial charge in [-0.15, -0.1) is 0 Å². The Balaban J connectivity index is 1.73. The van der Waals surface area contributed by atoms with Crippen LogP contribution in [0.3, 0.4) is 0 Å². The van der Waals surface area contributed by atoms with Crippen molar-refractivity contribution in [3.05, 3.63) is 54.2 Å². The zero-order chi connectivity index (χ0) is 23.0. The second-order valence-electron chi connectivity index (χ2n) is 7.53. The summed E-state index contributed by atoms with van der Waals surface area (Å²) in [5.74, 6) is -1.22. The summed E-state index contributed by atoms with van der Waals surface area (Å²) in [6, 6.07) is 8.61. The first-order valence-corrected chi connectivity index (χ1v) is 11.3. The van der Waals surface area contributed by atoms with E-state index in [9.17, 15) is 17.2 Å². The Morgan fingerprint density at radius 1 is 1.19 bits per heavy atom. The Morgan fingerprint density at radius 2 is 1.97 bits per heavy atom. The van der Waals surface area contributed by atoms with E-state index < -0.39 is 21.7 Å². The van der Waals surface area contributed by atoms with Gasteiger partial charge in [0.25, 0.3) is 0 Å². The third kappa shape index (κ3) is 4.34. The number of anilines is 3. The SMILES string of the molecule is CC(C)N1CCOc2c(F)cc(-c3nc(Nc4cccc(S(N)(=O)=O)c4)ncc3F)cc21. The molecule has 0 saturated heterocycles. The second-order valence-corrected chi connectivity index (χ2v) is 9.09. The smallest absolute Gasteiger partial charge is 0.238 e. The lowest BCUT2D eigenvalue weighted by Gasteiger charge is -2.34. The molecule has 0 amide bonds. The highest BCUT2D eigenvalue weighted by atomic mass is 32.2. The van der Waals surface area contributed by atoms with Gasteiger partial charge in [0.1, 0.15) is 12.3 Å². The molecule has 3 aromatic rings. The molecular formula is C21H21F2N5O3S. The van der Waals surface area contributed by atoms with Crippen LogP contribution in [-0.2, 0) is 10.0 Å². The highest BCUT2D eigenvalue weighted by Crippen LogP contribution is 2.39. The van der Waals surface area contributed by atoms with Gasteiger partial charge in [-0.3, -0.25) is 0 Å². The van der Waals surface area contributed by atoms with E-state index in [2.05, 4.69) is 15.3 Å². The molecule has 1 aliphatic heterocycles. The normalized spacial score (nSPS) is 13.6. The van der Waals surface area contributed by atoms with Crippen molar-refractivity contribution in [2.45, 2.75) is 24.8 Å². The minimum Gasteiger partial charge on any atom is -0.486 e. The first-order chi connectivity index (χ1) is 15.1. The van der Waals surface area contributed by atoms with Crippen molar-refractivity contribution in [1.82, 2.24) is 9.97 Å². The number of benzene rings is 2. The van der Waals surface area contributed by atoms with Crippen molar-refractivity contribution in [1.29, 1.82) is 0 Å². The fraction of sp³-hybridized carbons (Fsp3) is 0.238. The summed E-state index contributed by atoms with van der Waals surface area (Å²) in [7, 11) is -3.90. The molecule has 0 aliphatic carbocycles. The molecule has 0 bridgehead atoms. The van der Waals surface area contributed by atoms with Gasteiger partial charge in [0.15, 0.2) is 17.4 Å². The second kappa shape index (κ2) is 8.32. The molecule has 0 fully saturated rings. The van der Waals surface area contributed by atoms with Gasteiger partial charge >= 0.3 is 0 Å². The maximum absolute atomic E-state index is 14.8. The number of ether oxygens (including phenoxy) is 1. The van der Waals surface area contributed by atoms with Crippen molar-refractivity contribution >= 4 is 27.3 Å². The van der Waals surface area contributed by atoms with Crippen LogP contribution in [-0.4, -0.2) is 37.6 Å². The molecule has 4 rings (SSSR count). The standard InChI is InChI=1S/C21H21F2N5O3S/c1-12(2)28-6-7-31-20-16(22)8-13(9-18(20)28)19-17(23)11-25-21(27-19)26-14-4-3-5-15(10-14)32(24,29)30/h3-5,8-12H,6-7H2,1-2H3,(H2,24,29,30)(H,25,26,27). The molecule has 168 valence electrons. The van der Waals surface area contributed by atoms with E-state index in [4.69, 9.17) is 9.88 Å². The van der Waals surface area contributed by atoms with E-state index in [1.807, 2.05) is 18.7 Å². The number of sulfonamides is 1. The van der Waals surface area contributed by atoms with Gasteiger partial charge < -0.3 is 15.0 Å². The van der Waals surface area contributed by atoms with Gasteiger partial charge in [-0.05, 0) is 44.2 Å². The van der Waals surface area contributed by atoms with E-state index in [0.717, 1.165) is 6.20 Å². The molecule has 8 nitrogen and oxygen atoms in total. The van der Waals surface area contributed by atoms with E-state index in [1.54, 1.807) is 12.1 Å². The van der Waals surface area contributed by atoms with Gasteiger partial charge in [0, 0.05) is 17.3 Å². The number of hydrogen-bond acceptors (Lipinski definition) is 7. The summed E-state index contributed by atoms with van der Waals surface area (Å²) in [6.45, 7) is 4.88. The molecule has 32 heavy (non-hydrogen) atoms. The molecular weight excluding hydrogens is 440 g/mol. The van der Waals surface area contributed by atoms with Gasteiger partial charge in [-0.2, -0.15) is 0 Å². The first-order valence-electron chi connectivity index (χ1n) is 9.79. The van der Waals surface area contributed by atoms with Crippen LogP contribution in [0.15, 0.2) is 47.5 Å². The van der Waals surface area contributed by atoms with Crippen LogP contribution in [0.2, 0.25) is 0 Å². The fourth-order valence-electron chi connectivity index (χ4n) is 3.48. The Kier molecular flexibility index (Phi) is 5.70. The number of primary sulfonamides is 1. The topological polar surface area (TPSA) is 110 Å². The van der Waals surface area contributed by atoms with Gasteiger partial charge in [-0.25, -0.2) is 32.3 Å². The van der Waals surface area contributed by atoms with Crippen LogP contribution >= 0.6 is 0 Å². The lowest BCUT2D eigenvalue weighted by Crippen LogP contribution is -2.38. The average Bonchev–Trinajstić information content (AvgIpc) is 2.74. The van der Waals surface area contributed by atoms with Gasteiger partial charge in [-0.1, -0.05) is 6.07 Å². The zero-order valence-corrected chi connectivity index (χ0v) is 18.2. The lowest BCUT2D eigenvalue weighted by molar-refractivity contribution is 0.287. The molecule has 1 aromatic heterocycles. The van der Waals surface area contributed by atoms with Crippen molar-refractivity contribution in [3.63, 3.8) is 0 Å². The highest BCUT2D eigenvalue weighted by Gasteiger charge is 2.25. The summed E-state index contributed by atoms with van der Waals surface area (Å²) in [4.78, 5) is 9.96. The minimum absolute atomic E-state index is 0.00284. The number of fused-ring (bicyclic) bond motifs is 1. The van der Waals surface area contributed by atoms with Crippen LogP contribution in [0, 0.1) is 11.6 Å². The number of nitrogens with one attached hydrogen (secondary N) is 1. The molecule has 2 heterocycles. The van der Waals surface area contributed by atoms with E-state index in [1.165, 1.54) is 24.3 Å². The molecule has 11 heteroatoms. The van der Waals surface area contributed by atoms with Crippen molar-refractivity contribution < 1.29 is 21.9 Å². The summed E-state index contributed by atoms with van der Waals surface area (Å²) in [5, 5.41) is 7.98. The number of hydrogen-bond donors (Lipinski definition) is 2. The van der Waals surface area contributed by atoms with Crippen LogP contribution < -0.4 is 20.1 Å². The maximum atomic E-state index is 14.8. The number of rotatable bonds is 5. The third-order valence-electron chi connectivity index (χ3n) is 4.97. The molecule has 0 unspecified atom stereocenters. The quantitative estimate of drug-likeness (QED) is 0.599. The highest BCUT2D eigenvalue weighted by molar-refractivity contribution is 7.89. The van der Waals surface area contributed by atoms with Gasteiger partial charge in [0.2, 0.25) is 16.0 Å². The summed E-state index contributed by atoms with van der Waals surface area (Å²) in [6.07, 6.45) is 0.961. The first kappa shape index (κ1) is 21.9. The molecule has 0 radical (unpaired) electrons. The largest absolute Gasteiger partial charge is 0.486 e. The van der Waals surface area contributed by atoms with E-state index in [-0.39, 0.29) is 33.9 Å². The van der Waals surface area contributed by atoms with Gasteiger partial charge in [0.05, 0.1) is 23.3 Å². The molecule has 3 N–H and O–H groups in total. The molecule has 1 aliphatic rings.